The molecule has 0 saturated carbocycles. The van der Waals surface area contributed by atoms with Crippen LogP contribution in [-0.2, 0) is 13.7 Å². The lowest BCUT2D eigenvalue weighted by Gasteiger charge is -2.12. The second kappa shape index (κ2) is 5.40. The third-order valence-electron chi connectivity index (χ3n) is 3.26. The van der Waals surface area contributed by atoms with Gasteiger partial charge >= 0.3 is 0 Å². The summed E-state index contributed by atoms with van der Waals surface area (Å²) in [5.41, 5.74) is 8.05. The molecule has 0 spiro atoms. The van der Waals surface area contributed by atoms with Gasteiger partial charge in [0.2, 0.25) is 0 Å². The Hall–Kier alpha value is -1.88. The molecule has 1 aromatic heterocycles. The molecular formula is C14H20N4O. The van der Waals surface area contributed by atoms with Crippen LogP contribution in [0.1, 0.15) is 35.7 Å². The molecule has 102 valence electrons. The molecule has 0 aliphatic heterocycles. The Kier molecular flexibility index (Phi) is 3.85. The number of aromatic nitrogens is 3. The maximum Gasteiger partial charge on any atom is 0.170 e. The van der Waals surface area contributed by atoms with Crippen LogP contribution in [0.15, 0.2) is 18.2 Å². The summed E-state index contributed by atoms with van der Waals surface area (Å²) in [4.78, 5) is 0. The SMILES string of the molecule is Cc1cc(C(C)N)ccc1OCc1nnc(C)n1C. The minimum atomic E-state index is 0.0362. The van der Waals surface area contributed by atoms with Crippen LogP contribution in [0, 0.1) is 13.8 Å². The predicted octanol–water partition coefficient (Wildman–Crippen LogP) is 2.03. The van der Waals surface area contributed by atoms with Gasteiger partial charge in [0.1, 0.15) is 18.2 Å². The Morgan fingerprint density at radius 3 is 2.58 bits per heavy atom. The summed E-state index contributed by atoms with van der Waals surface area (Å²) < 4.78 is 7.71. The summed E-state index contributed by atoms with van der Waals surface area (Å²) in [6.45, 7) is 6.32. The van der Waals surface area contributed by atoms with Crippen molar-refractivity contribution in [3.8, 4) is 5.75 Å². The Morgan fingerprint density at radius 2 is 2.05 bits per heavy atom. The minimum Gasteiger partial charge on any atom is -0.485 e. The van der Waals surface area contributed by atoms with Crippen molar-refractivity contribution in [2.24, 2.45) is 12.8 Å². The Labute approximate surface area is 113 Å². The Bertz CT molecular complexity index is 575. The molecule has 0 aliphatic rings. The highest BCUT2D eigenvalue weighted by molar-refractivity contribution is 5.37. The van der Waals surface area contributed by atoms with Crippen molar-refractivity contribution >= 4 is 0 Å². The van der Waals surface area contributed by atoms with E-state index in [0.29, 0.717) is 6.61 Å². The Morgan fingerprint density at radius 1 is 1.32 bits per heavy atom. The van der Waals surface area contributed by atoms with Gasteiger partial charge in [-0.3, -0.25) is 0 Å². The van der Waals surface area contributed by atoms with Crippen molar-refractivity contribution in [3.63, 3.8) is 0 Å². The van der Waals surface area contributed by atoms with E-state index in [-0.39, 0.29) is 6.04 Å². The van der Waals surface area contributed by atoms with Crippen molar-refractivity contribution < 1.29 is 4.74 Å². The van der Waals surface area contributed by atoms with Crippen LogP contribution in [0.4, 0.5) is 0 Å². The number of ether oxygens (including phenoxy) is 1. The zero-order chi connectivity index (χ0) is 14.0. The first-order chi connectivity index (χ1) is 8.99. The van der Waals surface area contributed by atoms with Gasteiger partial charge in [-0.05, 0) is 38.0 Å². The first kappa shape index (κ1) is 13.5. The van der Waals surface area contributed by atoms with Crippen molar-refractivity contribution in [1.29, 1.82) is 0 Å². The van der Waals surface area contributed by atoms with Gasteiger partial charge in [0.05, 0.1) is 0 Å². The fourth-order valence-electron chi connectivity index (χ4n) is 1.84. The third kappa shape index (κ3) is 2.93. The highest BCUT2D eigenvalue weighted by atomic mass is 16.5. The molecule has 1 atom stereocenters. The van der Waals surface area contributed by atoms with Gasteiger partial charge in [-0.25, -0.2) is 0 Å². The van der Waals surface area contributed by atoms with E-state index in [1.54, 1.807) is 0 Å². The van der Waals surface area contributed by atoms with Gasteiger partial charge in [0.25, 0.3) is 0 Å². The fourth-order valence-corrected chi connectivity index (χ4v) is 1.84. The number of hydrogen-bond acceptors (Lipinski definition) is 4. The van der Waals surface area contributed by atoms with E-state index >= 15 is 0 Å². The molecule has 1 unspecified atom stereocenters. The molecule has 2 aromatic rings. The molecule has 5 heteroatoms. The summed E-state index contributed by atoms with van der Waals surface area (Å²) >= 11 is 0. The summed E-state index contributed by atoms with van der Waals surface area (Å²) in [5.74, 6) is 2.54. The van der Waals surface area contributed by atoms with Gasteiger partial charge in [0.15, 0.2) is 5.82 Å². The van der Waals surface area contributed by atoms with Crippen LogP contribution in [-0.4, -0.2) is 14.8 Å². The number of rotatable bonds is 4. The highest BCUT2D eigenvalue weighted by Gasteiger charge is 2.08. The lowest BCUT2D eigenvalue weighted by atomic mass is 10.1. The van der Waals surface area contributed by atoms with Crippen LogP contribution in [0.5, 0.6) is 5.75 Å². The van der Waals surface area contributed by atoms with Gasteiger partial charge in [-0.2, -0.15) is 0 Å². The van der Waals surface area contributed by atoms with E-state index < -0.39 is 0 Å². The molecule has 19 heavy (non-hydrogen) atoms. The van der Waals surface area contributed by atoms with Gasteiger partial charge < -0.3 is 15.0 Å². The lowest BCUT2D eigenvalue weighted by Crippen LogP contribution is -2.07. The monoisotopic (exact) mass is 260 g/mol. The molecule has 2 rings (SSSR count). The number of nitrogens with zero attached hydrogens (tertiary/aromatic N) is 3. The largest absolute Gasteiger partial charge is 0.485 e. The molecule has 0 bridgehead atoms. The lowest BCUT2D eigenvalue weighted by molar-refractivity contribution is 0.289. The number of benzene rings is 1. The molecule has 0 saturated heterocycles. The second-order valence-corrected chi connectivity index (χ2v) is 4.82. The average molecular weight is 260 g/mol. The van der Waals surface area contributed by atoms with E-state index in [9.17, 15) is 0 Å². The van der Waals surface area contributed by atoms with E-state index in [4.69, 9.17) is 10.5 Å². The first-order valence-electron chi connectivity index (χ1n) is 6.33. The van der Waals surface area contributed by atoms with Gasteiger partial charge in [-0.1, -0.05) is 12.1 Å². The molecular weight excluding hydrogens is 240 g/mol. The summed E-state index contributed by atoms with van der Waals surface area (Å²) in [6.07, 6.45) is 0. The van der Waals surface area contributed by atoms with E-state index in [1.165, 1.54) is 0 Å². The average Bonchev–Trinajstić information content (AvgIpc) is 2.68. The highest BCUT2D eigenvalue weighted by Crippen LogP contribution is 2.22. The second-order valence-electron chi connectivity index (χ2n) is 4.82. The molecule has 2 N–H and O–H groups in total. The van der Waals surface area contributed by atoms with Crippen LogP contribution in [0.2, 0.25) is 0 Å². The van der Waals surface area contributed by atoms with Crippen molar-refractivity contribution in [2.45, 2.75) is 33.4 Å². The zero-order valence-electron chi connectivity index (χ0n) is 11.8. The van der Waals surface area contributed by atoms with Crippen molar-refractivity contribution in [1.82, 2.24) is 14.8 Å². The summed E-state index contributed by atoms with van der Waals surface area (Å²) in [5, 5.41) is 8.08. The molecule has 5 nitrogen and oxygen atoms in total. The smallest absolute Gasteiger partial charge is 0.170 e. The number of nitrogens with two attached hydrogens (primary N) is 1. The number of hydrogen-bond donors (Lipinski definition) is 1. The fraction of sp³-hybridized carbons (Fsp3) is 0.429. The van der Waals surface area contributed by atoms with Gasteiger partial charge in [-0.15, -0.1) is 10.2 Å². The normalized spacial score (nSPS) is 12.5. The standard InChI is InChI=1S/C14H20N4O/c1-9-7-12(10(2)15)5-6-13(9)19-8-14-17-16-11(3)18(14)4/h5-7,10H,8,15H2,1-4H3. The molecule has 0 fully saturated rings. The summed E-state index contributed by atoms with van der Waals surface area (Å²) in [7, 11) is 1.93. The zero-order valence-corrected chi connectivity index (χ0v) is 11.8. The predicted molar refractivity (Wildman–Crippen MR) is 73.9 cm³/mol. The number of aryl methyl sites for hydroxylation is 2. The van der Waals surface area contributed by atoms with Crippen LogP contribution in [0.3, 0.4) is 0 Å². The third-order valence-corrected chi connectivity index (χ3v) is 3.26. The van der Waals surface area contributed by atoms with Crippen molar-refractivity contribution in [2.75, 3.05) is 0 Å². The summed E-state index contributed by atoms with van der Waals surface area (Å²) in [6, 6.07) is 6.04. The first-order valence-corrected chi connectivity index (χ1v) is 6.33. The molecule has 1 heterocycles. The maximum absolute atomic E-state index is 5.86. The quantitative estimate of drug-likeness (QED) is 0.913. The van der Waals surface area contributed by atoms with Gasteiger partial charge in [0, 0.05) is 13.1 Å². The molecule has 0 aliphatic carbocycles. The van der Waals surface area contributed by atoms with Crippen LogP contribution < -0.4 is 10.5 Å². The minimum absolute atomic E-state index is 0.0362. The Balaban J connectivity index is 2.10. The van der Waals surface area contributed by atoms with Crippen LogP contribution in [0.25, 0.3) is 0 Å². The van der Waals surface area contributed by atoms with E-state index in [0.717, 1.165) is 28.5 Å². The van der Waals surface area contributed by atoms with Crippen LogP contribution >= 0.6 is 0 Å². The molecule has 1 aromatic carbocycles. The topological polar surface area (TPSA) is 66.0 Å². The molecule has 0 radical (unpaired) electrons. The van der Waals surface area contributed by atoms with E-state index in [1.807, 2.05) is 44.5 Å². The van der Waals surface area contributed by atoms with Crippen molar-refractivity contribution in [3.05, 3.63) is 41.0 Å². The van der Waals surface area contributed by atoms with E-state index in [2.05, 4.69) is 16.3 Å². The maximum atomic E-state index is 5.86. The molecule has 0 amide bonds.